The maximum absolute atomic E-state index is 12.8. The van der Waals surface area contributed by atoms with Crippen molar-refractivity contribution >= 4 is 50.4 Å². The Bertz CT molecular complexity index is 2380. The molecule has 2 aliphatic heterocycles. The van der Waals surface area contributed by atoms with Crippen LogP contribution in [0, 0.1) is 11.3 Å². The molecule has 2 fully saturated rings. The monoisotopic (exact) mass is 780 g/mol. The molecule has 17 nitrogen and oxygen atoms in total. The van der Waals surface area contributed by atoms with Gasteiger partial charge in [0.05, 0.1) is 49.3 Å². The highest BCUT2D eigenvalue weighted by atomic mass is 32.2. The van der Waals surface area contributed by atoms with Gasteiger partial charge in [-0.15, -0.1) is 0 Å². The molecule has 4 N–H and O–H groups in total. The molecule has 0 spiro atoms. The third-order valence-corrected chi connectivity index (χ3v) is 11.6. The molecule has 5 aromatic rings. The number of benzene rings is 2. The van der Waals surface area contributed by atoms with E-state index in [1.807, 2.05) is 18.2 Å². The number of rotatable bonds is 16. The third kappa shape index (κ3) is 8.24. The van der Waals surface area contributed by atoms with Crippen LogP contribution < -0.4 is 20.7 Å². The number of sulfonamides is 1. The van der Waals surface area contributed by atoms with Gasteiger partial charge in [-0.05, 0) is 61.4 Å². The zero-order chi connectivity index (χ0) is 39.3. The van der Waals surface area contributed by atoms with E-state index in [1.165, 1.54) is 4.31 Å². The number of piperidine rings is 1. The Morgan fingerprint density at radius 3 is 2.57 bits per heavy atom. The lowest BCUT2D eigenvalue weighted by atomic mass is 9.89. The number of amides is 3. The second-order valence-corrected chi connectivity index (χ2v) is 15.8. The summed E-state index contributed by atoms with van der Waals surface area (Å²) in [6.07, 6.45) is 6.11. The summed E-state index contributed by atoms with van der Waals surface area (Å²) in [4.78, 5) is 48.7. The highest BCUT2D eigenvalue weighted by Gasteiger charge is 2.49. The molecule has 0 bridgehead atoms. The van der Waals surface area contributed by atoms with Crippen LogP contribution in [0.2, 0.25) is 0 Å². The lowest BCUT2D eigenvalue weighted by Crippen LogP contribution is -2.64. The lowest BCUT2D eigenvalue weighted by molar-refractivity contribution is -0.134. The number of hydrogen-bond acceptors (Lipinski definition) is 12. The molecule has 56 heavy (non-hydrogen) atoms. The van der Waals surface area contributed by atoms with Crippen LogP contribution in [0.3, 0.4) is 0 Å². The van der Waals surface area contributed by atoms with Crippen molar-refractivity contribution in [2.45, 2.75) is 37.6 Å². The Balaban J connectivity index is 0.884. The molecule has 0 aliphatic carbocycles. The van der Waals surface area contributed by atoms with Gasteiger partial charge in [-0.3, -0.25) is 24.4 Å². The quantitative estimate of drug-likeness (QED) is 0.0837. The Hall–Kier alpha value is -6.16. The van der Waals surface area contributed by atoms with Gasteiger partial charge in [0.25, 0.3) is 5.91 Å². The number of carbonyl (C=O) groups excluding carboxylic acids is 3. The first-order chi connectivity index (χ1) is 27.1. The molecule has 3 amide bonds. The van der Waals surface area contributed by atoms with Gasteiger partial charge in [0.1, 0.15) is 23.5 Å². The molecular formula is C38H40N10O7S. The van der Waals surface area contributed by atoms with E-state index < -0.39 is 15.6 Å². The molecule has 2 aromatic carbocycles. The highest BCUT2D eigenvalue weighted by molar-refractivity contribution is 7.89. The maximum Gasteiger partial charge on any atom is 0.251 e. The Morgan fingerprint density at radius 1 is 1.05 bits per heavy atom. The summed E-state index contributed by atoms with van der Waals surface area (Å²) < 4.78 is 39.2. The van der Waals surface area contributed by atoms with Gasteiger partial charge < -0.3 is 25.1 Å². The topological polar surface area (TPSA) is 226 Å². The van der Waals surface area contributed by atoms with E-state index in [9.17, 15) is 28.1 Å². The largest absolute Gasteiger partial charge is 0.491 e. The summed E-state index contributed by atoms with van der Waals surface area (Å²) in [6, 6.07) is 18.1. The van der Waals surface area contributed by atoms with Gasteiger partial charge in [0, 0.05) is 60.6 Å². The fourth-order valence-electron chi connectivity index (χ4n) is 6.70. The molecule has 0 saturated carbocycles. The minimum absolute atomic E-state index is 0.0113. The Kier molecular flexibility index (Phi) is 11.1. The third-order valence-electron chi connectivity index (χ3n) is 9.82. The molecule has 18 heteroatoms. The van der Waals surface area contributed by atoms with Crippen LogP contribution in [-0.2, 0) is 29.9 Å². The summed E-state index contributed by atoms with van der Waals surface area (Å²) in [5, 5.41) is 23.2. The number of aromatic nitrogens is 5. The van der Waals surface area contributed by atoms with E-state index in [1.54, 1.807) is 66.6 Å². The zero-order valence-corrected chi connectivity index (χ0v) is 31.3. The van der Waals surface area contributed by atoms with Gasteiger partial charge >= 0.3 is 0 Å². The number of nitrogens with zero attached hydrogens (tertiary/aromatic N) is 6. The predicted molar refractivity (Wildman–Crippen MR) is 204 cm³/mol. The maximum atomic E-state index is 12.8. The normalized spacial score (nSPS) is 16.8. The van der Waals surface area contributed by atoms with E-state index >= 15 is 0 Å². The van der Waals surface area contributed by atoms with Crippen molar-refractivity contribution in [1.82, 2.24) is 39.7 Å². The number of hydrogen-bond donors (Lipinski definition) is 4. The van der Waals surface area contributed by atoms with Gasteiger partial charge in [-0.25, -0.2) is 13.4 Å². The number of imide groups is 1. The average Bonchev–Trinajstić information content (AvgIpc) is 3.87. The van der Waals surface area contributed by atoms with Crippen LogP contribution in [0.15, 0.2) is 73.2 Å². The Morgan fingerprint density at radius 2 is 1.84 bits per heavy atom. The molecule has 3 aromatic heterocycles. The summed E-state index contributed by atoms with van der Waals surface area (Å²) in [5.74, 6) is -0.192. The minimum Gasteiger partial charge on any atom is -0.491 e. The number of aromatic amines is 1. The Labute approximate surface area is 322 Å². The van der Waals surface area contributed by atoms with E-state index in [2.05, 4.69) is 37.1 Å². The molecule has 2 aliphatic rings. The number of nitriles is 1. The van der Waals surface area contributed by atoms with Crippen molar-refractivity contribution in [3.05, 3.63) is 84.3 Å². The fourth-order valence-corrected chi connectivity index (χ4v) is 7.94. The smallest absolute Gasteiger partial charge is 0.251 e. The predicted octanol–water partition coefficient (Wildman–Crippen LogP) is 3.18. The standard InChI is InChI=1S/C38H40N10O7S/c1-2-56(52,53)47-23-38(24-47,14-15-39)48-22-27(21-42-48)33-31-13-16-40-34(31)46-37(45-33)43-28-7-3-26(4-8-28)35(50)41-17-18-54-19-20-55-29-9-5-25(6-10-29)30-11-12-32(49)44-36(30)51/h3-10,13,16,21-22,30H,2,11-12,14,17-20,23-24H2,1H3,(H,41,50)(H,44,49,51)(H2,40,43,45,46). The molecule has 2 saturated heterocycles. The van der Waals surface area contributed by atoms with Crippen LogP contribution in [-0.4, -0.2) is 100 Å². The van der Waals surface area contributed by atoms with Crippen molar-refractivity contribution in [3.8, 4) is 23.1 Å². The number of nitrogens with one attached hydrogen (secondary N) is 4. The highest BCUT2D eigenvalue weighted by Crippen LogP contribution is 2.36. The van der Waals surface area contributed by atoms with Crippen LogP contribution in [0.1, 0.15) is 48.0 Å². The van der Waals surface area contributed by atoms with E-state index in [4.69, 9.17) is 14.5 Å². The lowest BCUT2D eigenvalue weighted by Gasteiger charge is -2.47. The van der Waals surface area contributed by atoms with Crippen molar-refractivity contribution in [3.63, 3.8) is 0 Å². The van der Waals surface area contributed by atoms with Gasteiger partial charge in [-0.2, -0.15) is 19.6 Å². The summed E-state index contributed by atoms with van der Waals surface area (Å²) >= 11 is 0. The van der Waals surface area contributed by atoms with Crippen molar-refractivity contribution in [2.75, 3.05) is 50.5 Å². The molecule has 290 valence electrons. The number of fused-ring (bicyclic) bond motifs is 1. The molecule has 1 unspecified atom stereocenters. The first-order valence-corrected chi connectivity index (χ1v) is 19.7. The summed E-state index contributed by atoms with van der Waals surface area (Å²) in [7, 11) is -3.38. The number of ether oxygens (including phenoxy) is 2. The summed E-state index contributed by atoms with van der Waals surface area (Å²) in [6.45, 7) is 3.15. The van der Waals surface area contributed by atoms with Crippen molar-refractivity contribution in [1.29, 1.82) is 5.26 Å². The first-order valence-electron chi connectivity index (χ1n) is 18.1. The first kappa shape index (κ1) is 38.1. The van der Waals surface area contributed by atoms with Gasteiger partial charge in [0.2, 0.25) is 27.8 Å². The van der Waals surface area contributed by atoms with Crippen LogP contribution >= 0.6 is 0 Å². The molecule has 1 atom stereocenters. The zero-order valence-electron chi connectivity index (χ0n) is 30.5. The van der Waals surface area contributed by atoms with Crippen LogP contribution in [0.4, 0.5) is 11.6 Å². The number of anilines is 2. The van der Waals surface area contributed by atoms with E-state index in [0.29, 0.717) is 79.1 Å². The number of H-pyrrole nitrogens is 1. The number of carbonyl (C=O) groups is 3. The second kappa shape index (κ2) is 16.3. The van der Waals surface area contributed by atoms with Crippen LogP contribution in [0.25, 0.3) is 22.3 Å². The average molecular weight is 781 g/mol. The van der Waals surface area contributed by atoms with E-state index in [-0.39, 0.29) is 48.9 Å². The molecular weight excluding hydrogens is 741 g/mol. The fraction of sp³-hybridized carbons (Fsp3) is 0.342. The molecule has 5 heterocycles. The van der Waals surface area contributed by atoms with Gasteiger partial charge in [0.15, 0.2) is 0 Å². The van der Waals surface area contributed by atoms with Crippen LogP contribution in [0.5, 0.6) is 5.75 Å². The second-order valence-electron chi connectivity index (χ2n) is 13.5. The molecule has 7 rings (SSSR count). The minimum atomic E-state index is -3.38. The van der Waals surface area contributed by atoms with E-state index in [0.717, 1.165) is 10.9 Å². The van der Waals surface area contributed by atoms with Crippen molar-refractivity contribution < 1.29 is 32.3 Å². The summed E-state index contributed by atoms with van der Waals surface area (Å²) in [5.41, 5.74) is 3.04. The SMILES string of the molecule is CCS(=O)(=O)N1CC(CC#N)(n2cc(-c3nc(Nc4ccc(C(=O)NCCOCCOc5ccc(C6CCC(=O)NC6=O)cc5)cc4)nc4[nH]ccc34)cn2)C1. The van der Waals surface area contributed by atoms with Crippen molar-refractivity contribution in [2.24, 2.45) is 0 Å². The van der Waals surface area contributed by atoms with Gasteiger partial charge in [-0.1, -0.05) is 12.1 Å². The molecule has 0 radical (unpaired) electrons.